The van der Waals surface area contributed by atoms with Crippen LogP contribution < -0.4 is 5.32 Å². The lowest BCUT2D eigenvalue weighted by atomic mass is 10.1. The second kappa shape index (κ2) is 8.89. The molecule has 162 valence electrons. The minimum absolute atomic E-state index is 0.0692. The smallest absolute Gasteiger partial charge is 0.331 e. The van der Waals surface area contributed by atoms with Gasteiger partial charge in [-0.15, -0.1) is 11.3 Å². The summed E-state index contributed by atoms with van der Waals surface area (Å²) in [6, 6.07) is 10.4. The number of hydrogen-bond acceptors (Lipinski definition) is 4. The van der Waals surface area contributed by atoms with E-state index in [9.17, 15) is 22.8 Å². The van der Waals surface area contributed by atoms with Crippen LogP contribution in [0, 0.1) is 13.8 Å². The molecule has 31 heavy (non-hydrogen) atoms. The number of alkyl halides is 3. The molecule has 0 spiro atoms. The number of aryl methyl sites for hydroxylation is 2. The zero-order valence-corrected chi connectivity index (χ0v) is 17.9. The summed E-state index contributed by atoms with van der Waals surface area (Å²) >= 11 is 1.07. The van der Waals surface area contributed by atoms with Crippen LogP contribution in [0.4, 0.5) is 18.9 Å². The first kappa shape index (κ1) is 22.5. The molecule has 3 aromatic rings. The molecule has 1 aromatic heterocycles. The first-order valence-electron chi connectivity index (χ1n) is 9.31. The monoisotopic (exact) mass is 447 g/mol. The van der Waals surface area contributed by atoms with Crippen molar-refractivity contribution in [3.63, 3.8) is 0 Å². The van der Waals surface area contributed by atoms with E-state index in [1.807, 2.05) is 32.0 Å². The molecule has 1 N–H and O–H groups in total. The van der Waals surface area contributed by atoms with Crippen molar-refractivity contribution in [1.29, 1.82) is 0 Å². The standard InChI is InChI=1S/C22H20F3N3O2S/c1-13-6-4-7-14(2)19(13)27-18(29)11-28(3)21(30)17-12-31-20(26-17)15-8-5-9-16(10-15)22(23,24)25/h4-10,12H,11H2,1-3H3,(H,27,29). The van der Waals surface area contributed by atoms with E-state index in [1.54, 1.807) is 0 Å². The summed E-state index contributed by atoms with van der Waals surface area (Å²) in [6.07, 6.45) is -4.46. The Morgan fingerprint density at radius 2 is 1.74 bits per heavy atom. The first-order chi connectivity index (χ1) is 14.6. The van der Waals surface area contributed by atoms with Crippen molar-refractivity contribution in [2.75, 3.05) is 18.9 Å². The Morgan fingerprint density at radius 3 is 2.39 bits per heavy atom. The fourth-order valence-corrected chi connectivity index (χ4v) is 3.80. The Bertz CT molecular complexity index is 1100. The molecule has 0 bridgehead atoms. The number of anilines is 1. The lowest BCUT2D eigenvalue weighted by molar-refractivity contribution is -0.137. The van der Waals surface area contributed by atoms with Gasteiger partial charge in [0.05, 0.1) is 12.1 Å². The molecule has 2 amide bonds. The number of aromatic nitrogens is 1. The topological polar surface area (TPSA) is 62.3 Å². The summed E-state index contributed by atoms with van der Waals surface area (Å²) in [4.78, 5) is 30.4. The van der Waals surface area contributed by atoms with Crippen molar-refractivity contribution in [2.45, 2.75) is 20.0 Å². The Labute approximate surface area is 181 Å². The third-order valence-corrected chi connectivity index (χ3v) is 5.52. The number of benzene rings is 2. The molecular formula is C22H20F3N3O2S. The predicted molar refractivity (Wildman–Crippen MR) is 114 cm³/mol. The molecule has 0 aliphatic carbocycles. The highest BCUT2D eigenvalue weighted by Gasteiger charge is 2.30. The molecule has 2 aromatic carbocycles. The molecular weight excluding hydrogens is 427 g/mol. The normalized spacial score (nSPS) is 11.3. The van der Waals surface area contributed by atoms with Gasteiger partial charge in [0.1, 0.15) is 10.7 Å². The quantitative estimate of drug-likeness (QED) is 0.588. The van der Waals surface area contributed by atoms with Crippen LogP contribution in [0.25, 0.3) is 10.6 Å². The summed E-state index contributed by atoms with van der Waals surface area (Å²) in [5.41, 5.74) is 2.08. The Balaban J connectivity index is 1.70. The zero-order chi connectivity index (χ0) is 22.8. The fourth-order valence-electron chi connectivity index (χ4n) is 3.01. The lowest BCUT2D eigenvalue weighted by Crippen LogP contribution is -2.35. The average Bonchev–Trinajstić information content (AvgIpc) is 3.20. The summed E-state index contributed by atoms with van der Waals surface area (Å²) in [5, 5.41) is 4.57. The highest BCUT2D eigenvalue weighted by atomic mass is 32.1. The molecule has 0 atom stereocenters. The Morgan fingerprint density at radius 1 is 1.10 bits per heavy atom. The number of carbonyl (C=O) groups excluding carboxylic acids is 2. The molecule has 0 radical (unpaired) electrons. The van der Waals surface area contributed by atoms with Crippen molar-refractivity contribution in [3.05, 3.63) is 70.2 Å². The second-order valence-corrected chi connectivity index (χ2v) is 7.95. The number of hydrogen-bond donors (Lipinski definition) is 1. The molecule has 0 fully saturated rings. The van der Waals surface area contributed by atoms with Crippen LogP contribution >= 0.6 is 11.3 Å². The number of para-hydroxylation sites is 1. The van der Waals surface area contributed by atoms with E-state index in [0.29, 0.717) is 10.7 Å². The van der Waals surface area contributed by atoms with Gasteiger partial charge in [-0.1, -0.05) is 30.3 Å². The van der Waals surface area contributed by atoms with Gasteiger partial charge in [0.25, 0.3) is 5.91 Å². The second-order valence-electron chi connectivity index (χ2n) is 7.09. The van der Waals surface area contributed by atoms with E-state index in [1.165, 1.54) is 29.5 Å². The molecule has 0 aliphatic heterocycles. The fraction of sp³-hybridized carbons (Fsp3) is 0.227. The maximum absolute atomic E-state index is 12.9. The molecule has 0 saturated carbocycles. The molecule has 5 nitrogen and oxygen atoms in total. The number of nitrogens with zero attached hydrogens (tertiary/aromatic N) is 2. The maximum atomic E-state index is 12.9. The van der Waals surface area contributed by atoms with Crippen molar-refractivity contribution in [1.82, 2.24) is 9.88 Å². The van der Waals surface area contributed by atoms with Crippen molar-refractivity contribution < 1.29 is 22.8 Å². The number of carbonyl (C=O) groups is 2. The van der Waals surface area contributed by atoms with E-state index in [0.717, 1.165) is 34.6 Å². The van der Waals surface area contributed by atoms with Gasteiger partial charge in [0.2, 0.25) is 5.91 Å². The number of amides is 2. The van der Waals surface area contributed by atoms with Gasteiger partial charge in [0.15, 0.2) is 0 Å². The Hall–Kier alpha value is -3.20. The van der Waals surface area contributed by atoms with Crippen molar-refractivity contribution in [3.8, 4) is 10.6 Å². The van der Waals surface area contributed by atoms with E-state index < -0.39 is 17.6 Å². The van der Waals surface area contributed by atoms with Crippen molar-refractivity contribution in [2.24, 2.45) is 0 Å². The predicted octanol–water partition coefficient (Wildman–Crippen LogP) is 5.16. The van der Waals surface area contributed by atoms with Crippen LogP contribution in [0.3, 0.4) is 0 Å². The van der Waals surface area contributed by atoms with Gasteiger partial charge < -0.3 is 10.2 Å². The molecule has 0 aliphatic rings. The number of thiazole rings is 1. The summed E-state index contributed by atoms with van der Waals surface area (Å²) in [6.45, 7) is 3.56. The van der Waals surface area contributed by atoms with Crippen LogP contribution in [0.15, 0.2) is 47.8 Å². The van der Waals surface area contributed by atoms with Gasteiger partial charge in [-0.05, 0) is 37.1 Å². The first-order valence-corrected chi connectivity index (χ1v) is 10.2. The van der Waals surface area contributed by atoms with E-state index >= 15 is 0 Å². The van der Waals surface area contributed by atoms with Gasteiger partial charge >= 0.3 is 6.18 Å². The number of likely N-dealkylation sites (N-methyl/N-ethyl adjacent to an activating group) is 1. The highest BCUT2D eigenvalue weighted by Crippen LogP contribution is 2.33. The molecule has 9 heteroatoms. The molecule has 0 unspecified atom stereocenters. The highest BCUT2D eigenvalue weighted by molar-refractivity contribution is 7.13. The summed E-state index contributed by atoms with van der Waals surface area (Å²) < 4.78 is 38.8. The van der Waals surface area contributed by atoms with Gasteiger partial charge in [-0.25, -0.2) is 4.98 Å². The van der Waals surface area contributed by atoms with Crippen LogP contribution in [0.1, 0.15) is 27.2 Å². The van der Waals surface area contributed by atoms with Crippen molar-refractivity contribution >= 4 is 28.8 Å². The largest absolute Gasteiger partial charge is 0.416 e. The number of nitrogens with one attached hydrogen (secondary N) is 1. The molecule has 3 rings (SSSR count). The van der Waals surface area contributed by atoms with E-state index in [2.05, 4.69) is 10.3 Å². The average molecular weight is 447 g/mol. The van der Waals surface area contributed by atoms with Crippen LogP contribution in [-0.2, 0) is 11.0 Å². The Kier molecular flexibility index (Phi) is 6.45. The van der Waals surface area contributed by atoms with Crippen LogP contribution in [0.2, 0.25) is 0 Å². The van der Waals surface area contributed by atoms with Crippen LogP contribution in [-0.4, -0.2) is 35.3 Å². The third kappa shape index (κ3) is 5.29. The number of rotatable bonds is 5. The lowest BCUT2D eigenvalue weighted by Gasteiger charge is -2.17. The van der Waals surface area contributed by atoms with E-state index in [-0.39, 0.29) is 23.7 Å². The minimum atomic E-state index is -4.46. The minimum Gasteiger partial charge on any atom is -0.331 e. The van der Waals surface area contributed by atoms with Crippen LogP contribution in [0.5, 0.6) is 0 Å². The molecule has 0 saturated heterocycles. The number of halogens is 3. The van der Waals surface area contributed by atoms with Gasteiger partial charge in [0, 0.05) is 23.7 Å². The third-order valence-electron chi connectivity index (χ3n) is 4.63. The molecule has 1 heterocycles. The summed E-state index contributed by atoms with van der Waals surface area (Å²) in [7, 11) is 1.47. The SMILES string of the molecule is Cc1cccc(C)c1NC(=O)CN(C)C(=O)c1csc(-c2cccc(C(F)(F)F)c2)n1. The zero-order valence-electron chi connectivity index (χ0n) is 17.1. The van der Waals surface area contributed by atoms with E-state index in [4.69, 9.17) is 0 Å². The summed E-state index contributed by atoms with van der Waals surface area (Å²) in [5.74, 6) is -0.854. The maximum Gasteiger partial charge on any atom is 0.416 e. The van der Waals surface area contributed by atoms with Gasteiger partial charge in [-0.3, -0.25) is 9.59 Å². The van der Waals surface area contributed by atoms with Gasteiger partial charge in [-0.2, -0.15) is 13.2 Å².